The number of hydrogen-bond acceptors (Lipinski definition) is 5. The molecule has 1 aromatic heterocycles. The Morgan fingerprint density at radius 2 is 2.05 bits per heavy atom. The standard InChI is InChI=1S/C14H19N3O2/c1-13(2)9(8-15)10(13)11-16-12(17-19-11)14(18-3)6-4-5-7-14/h9-10H,4-7H2,1-3H3. The lowest BCUT2D eigenvalue weighted by Crippen LogP contribution is -2.26. The van der Waals surface area contributed by atoms with Crippen LogP contribution in [0.15, 0.2) is 4.52 Å². The first-order valence-electron chi connectivity index (χ1n) is 6.84. The summed E-state index contributed by atoms with van der Waals surface area (Å²) in [6, 6.07) is 2.32. The van der Waals surface area contributed by atoms with Crippen LogP contribution in [-0.4, -0.2) is 17.3 Å². The molecule has 0 spiro atoms. The zero-order valence-corrected chi connectivity index (χ0v) is 11.6. The molecule has 102 valence electrons. The highest BCUT2D eigenvalue weighted by Crippen LogP contribution is 2.63. The van der Waals surface area contributed by atoms with Crippen LogP contribution in [0.1, 0.15) is 57.2 Å². The predicted octanol–water partition coefficient (Wildman–Crippen LogP) is 2.75. The summed E-state index contributed by atoms with van der Waals surface area (Å²) >= 11 is 0. The van der Waals surface area contributed by atoms with Crippen molar-refractivity contribution in [3.8, 4) is 6.07 Å². The summed E-state index contributed by atoms with van der Waals surface area (Å²) in [6.07, 6.45) is 4.15. The minimum atomic E-state index is -0.372. The third kappa shape index (κ3) is 1.70. The number of rotatable bonds is 3. The SMILES string of the molecule is COC1(c2noc(C3C(C#N)C3(C)C)n2)CCCC1. The average Bonchev–Trinajstić information content (AvgIpc) is 2.89. The van der Waals surface area contributed by atoms with Gasteiger partial charge in [0.2, 0.25) is 11.7 Å². The fourth-order valence-corrected chi connectivity index (χ4v) is 3.35. The molecule has 2 aliphatic carbocycles. The molecule has 2 saturated carbocycles. The fraction of sp³-hybridized carbons (Fsp3) is 0.786. The Morgan fingerprint density at radius 3 is 2.58 bits per heavy atom. The molecule has 3 rings (SSSR count). The second-order valence-corrected chi connectivity index (χ2v) is 6.27. The van der Waals surface area contributed by atoms with Crippen LogP contribution < -0.4 is 0 Å². The molecule has 1 aromatic rings. The molecule has 2 aliphatic rings. The quantitative estimate of drug-likeness (QED) is 0.836. The van der Waals surface area contributed by atoms with Crippen molar-refractivity contribution < 1.29 is 9.26 Å². The lowest BCUT2D eigenvalue weighted by molar-refractivity contribution is -0.0178. The molecule has 2 fully saturated rings. The van der Waals surface area contributed by atoms with E-state index in [1.165, 1.54) is 0 Å². The first-order chi connectivity index (χ1) is 9.05. The van der Waals surface area contributed by atoms with Gasteiger partial charge in [-0.3, -0.25) is 0 Å². The van der Waals surface area contributed by atoms with Crippen LogP contribution in [0.2, 0.25) is 0 Å². The largest absolute Gasteiger partial charge is 0.370 e. The highest BCUT2D eigenvalue weighted by atomic mass is 16.5. The molecule has 2 unspecified atom stereocenters. The van der Waals surface area contributed by atoms with Crippen molar-refractivity contribution >= 4 is 0 Å². The van der Waals surface area contributed by atoms with E-state index in [9.17, 15) is 0 Å². The molecule has 1 heterocycles. The summed E-state index contributed by atoms with van der Waals surface area (Å²) in [7, 11) is 1.71. The van der Waals surface area contributed by atoms with Crippen molar-refractivity contribution in [3.63, 3.8) is 0 Å². The molecule has 0 radical (unpaired) electrons. The van der Waals surface area contributed by atoms with Crippen LogP contribution in [0.25, 0.3) is 0 Å². The van der Waals surface area contributed by atoms with E-state index in [1.54, 1.807) is 7.11 Å². The molecule has 0 N–H and O–H groups in total. The Bertz CT molecular complexity index is 523. The lowest BCUT2D eigenvalue weighted by Gasteiger charge is -2.22. The molecule has 0 saturated heterocycles. The van der Waals surface area contributed by atoms with Crippen LogP contribution in [-0.2, 0) is 10.3 Å². The van der Waals surface area contributed by atoms with Gasteiger partial charge in [-0.2, -0.15) is 10.2 Å². The Hall–Kier alpha value is -1.41. The van der Waals surface area contributed by atoms with Crippen molar-refractivity contribution in [1.82, 2.24) is 10.1 Å². The Kier molecular flexibility index (Phi) is 2.68. The minimum absolute atomic E-state index is 0.0251. The van der Waals surface area contributed by atoms with Gasteiger partial charge in [-0.15, -0.1) is 0 Å². The maximum atomic E-state index is 9.12. The Labute approximate surface area is 112 Å². The van der Waals surface area contributed by atoms with Gasteiger partial charge >= 0.3 is 0 Å². The van der Waals surface area contributed by atoms with Gasteiger partial charge in [-0.05, 0) is 31.1 Å². The molecule has 5 heteroatoms. The summed E-state index contributed by atoms with van der Waals surface area (Å²) in [5.74, 6) is 1.29. The number of nitrogens with zero attached hydrogens (tertiary/aromatic N) is 3. The first-order valence-corrected chi connectivity index (χ1v) is 6.84. The number of aromatic nitrogens is 2. The van der Waals surface area contributed by atoms with Gasteiger partial charge < -0.3 is 9.26 Å². The van der Waals surface area contributed by atoms with E-state index in [0.717, 1.165) is 25.7 Å². The molecule has 0 aromatic carbocycles. The summed E-state index contributed by atoms with van der Waals surface area (Å²) < 4.78 is 11.1. The van der Waals surface area contributed by atoms with E-state index in [1.807, 2.05) is 0 Å². The molecular weight excluding hydrogens is 242 g/mol. The van der Waals surface area contributed by atoms with Gasteiger partial charge in [0.05, 0.1) is 17.9 Å². The van der Waals surface area contributed by atoms with Crippen molar-refractivity contribution in [3.05, 3.63) is 11.7 Å². The summed E-state index contributed by atoms with van der Waals surface area (Å²) in [5.41, 5.74) is -0.433. The number of methoxy groups -OCH3 is 1. The topological polar surface area (TPSA) is 71.9 Å². The number of ether oxygens (including phenoxy) is 1. The maximum absolute atomic E-state index is 9.12. The first kappa shape index (κ1) is 12.6. The molecule has 0 bridgehead atoms. The zero-order chi connectivity index (χ0) is 13.7. The van der Waals surface area contributed by atoms with Crippen molar-refractivity contribution in [1.29, 1.82) is 5.26 Å². The van der Waals surface area contributed by atoms with Crippen molar-refractivity contribution in [2.45, 2.75) is 51.0 Å². The zero-order valence-electron chi connectivity index (χ0n) is 11.6. The minimum Gasteiger partial charge on any atom is -0.370 e. The average molecular weight is 261 g/mol. The lowest BCUT2D eigenvalue weighted by atomic mass is 10.0. The Morgan fingerprint density at radius 1 is 1.37 bits per heavy atom. The van der Waals surface area contributed by atoms with Crippen molar-refractivity contribution in [2.24, 2.45) is 11.3 Å². The summed E-state index contributed by atoms with van der Waals surface area (Å²) in [4.78, 5) is 4.54. The van der Waals surface area contributed by atoms with Crippen molar-refractivity contribution in [2.75, 3.05) is 7.11 Å². The van der Waals surface area contributed by atoms with Gasteiger partial charge in [0, 0.05) is 7.11 Å². The van der Waals surface area contributed by atoms with E-state index < -0.39 is 0 Å². The second-order valence-electron chi connectivity index (χ2n) is 6.27. The summed E-state index contributed by atoms with van der Waals surface area (Å²) in [6.45, 7) is 4.13. The van der Waals surface area contributed by atoms with Crippen LogP contribution in [0, 0.1) is 22.7 Å². The van der Waals surface area contributed by atoms with Gasteiger partial charge in [0.1, 0.15) is 5.60 Å². The molecule has 0 aliphatic heterocycles. The van der Waals surface area contributed by atoms with Gasteiger partial charge in [-0.25, -0.2) is 0 Å². The van der Waals surface area contributed by atoms with Crippen LogP contribution in [0.4, 0.5) is 0 Å². The normalized spacial score (nSPS) is 31.1. The molecular formula is C14H19N3O2. The monoisotopic (exact) mass is 261 g/mol. The van der Waals surface area contributed by atoms with Crippen LogP contribution in [0.3, 0.4) is 0 Å². The van der Waals surface area contributed by atoms with Gasteiger partial charge in [0.25, 0.3) is 0 Å². The highest BCUT2D eigenvalue weighted by Gasteiger charge is 2.62. The van der Waals surface area contributed by atoms with Gasteiger partial charge in [-0.1, -0.05) is 19.0 Å². The molecule has 19 heavy (non-hydrogen) atoms. The summed E-state index contributed by atoms with van der Waals surface area (Å²) in [5, 5.41) is 13.2. The fourth-order valence-electron chi connectivity index (χ4n) is 3.35. The third-order valence-electron chi connectivity index (χ3n) is 4.88. The number of hydrogen-bond donors (Lipinski definition) is 0. The Balaban J connectivity index is 1.87. The van der Waals surface area contributed by atoms with E-state index >= 15 is 0 Å². The second kappa shape index (κ2) is 4.04. The predicted molar refractivity (Wildman–Crippen MR) is 67.1 cm³/mol. The molecule has 2 atom stereocenters. The molecule has 5 nitrogen and oxygen atoms in total. The van der Waals surface area contributed by atoms with E-state index in [2.05, 4.69) is 30.1 Å². The van der Waals surface area contributed by atoms with E-state index in [4.69, 9.17) is 14.5 Å². The number of nitriles is 1. The maximum Gasteiger partial charge on any atom is 0.231 e. The highest BCUT2D eigenvalue weighted by molar-refractivity contribution is 5.26. The smallest absolute Gasteiger partial charge is 0.231 e. The van der Waals surface area contributed by atoms with Gasteiger partial charge in [0.15, 0.2) is 0 Å². The van der Waals surface area contributed by atoms with E-state index in [0.29, 0.717) is 11.7 Å². The van der Waals surface area contributed by atoms with Crippen LogP contribution >= 0.6 is 0 Å². The van der Waals surface area contributed by atoms with E-state index in [-0.39, 0.29) is 22.9 Å². The third-order valence-corrected chi connectivity index (χ3v) is 4.88. The molecule has 0 amide bonds. The van der Waals surface area contributed by atoms with Crippen LogP contribution in [0.5, 0.6) is 0 Å².